The zero-order valence-electron chi connectivity index (χ0n) is 12.9. The van der Waals surface area contributed by atoms with Gasteiger partial charge < -0.3 is 10.6 Å². The maximum atomic E-state index is 14.1. The summed E-state index contributed by atoms with van der Waals surface area (Å²) in [5.74, 6) is -0.177. The summed E-state index contributed by atoms with van der Waals surface area (Å²) in [6.45, 7) is 6.32. The predicted molar refractivity (Wildman–Crippen MR) is 85.0 cm³/mol. The lowest BCUT2D eigenvalue weighted by Crippen LogP contribution is -2.41. The van der Waals surface area contributed by atoms with Crippen molar-refractivity contribution in [3.63, 3.8) is 0 Å². The summed E-state index contributed by atoms with van der Waals surface area (Å²) in [5.41, 5.74) is 7.64. The van der Waals surface area contributed by atoms with Gasteiger partial charge in [0.15, 0.2) is 0 Å². The van der Waals surface area contributed by atoms with Gasteiger partial charge in [0.25, 0.3) is 0 Å². The van der Waals surface area contributed by atoms with Gasteiger partial charge in [0.1, 0.15) is 5.82 Å². The number of likely N-dealkylation sites (tertiary alicyclic amines) is 1. The van der Waals surface area contributed by atoms with Gasteiger partial charge in [0.2, 0.25) is 0 Å². The normalized spacial score (nSPS) is 25.3. The molecule has 116 valence electrons. The van der Waals surface area contributed by atoms with Crippen molar-refractivity contribution in [3.8, 4) is 0 Å². The summed E-state index contributed by atoms with van der Waals surface area (Å²) in [6, 6.07) is 5.68. The zero-order valence-corrected chi connectivity index (χ0v) is 12.9. The van der Waals surface area contributed by atoms with E-state index in [1.807, 2.05) is 13.0 Å². The number of benzene rings is 1. The Morgan fingerprint density at radius 1 is 1.19 bits per heavy atom. The second kappa shape index (κ2) is 6.32. The first kappa shape index (κ1) is 14.8. The number of nitrogens with two attached hydrogens (primary N) is 1. The molecule has 0 spiro atoms. The van der Waals surface area contributed by atoms with Gasteiger partial charge in [-0.2, -0.15) is 0 Å². The maximum Gasteiger partial charge on any atom is 0.130 e. The molecule has 2 heterocycles. The van der Waals surface area contributed by atoms with Gasteiger partial charge in [-0.1, -0.05) is 12.5 Å². The Kier molecular flexibility index (Phi) is 4.45. The van der Waals surface area contributed by atoms with Gasteiger partial charge in [-0.3, -0.25) is 4.90 Å². The van der Waals surface area contributed by atoms with Crippen molar-refractivity contribution < 1.29 is 4.39 Å². The van der Waals surface area contributed by atoms with Crippen LogP contribution in [0.1, 0.15) is 44.2 Å². The molecule has 3 nitrogen and oxygen atoms in total. The number of hydrogen-bond donors (Lipinski definition) is 1. The lowest BCUT2D eigenvalue weighted by molar-refractivity contribution is 0.175. The molecule has 0 amide bonds. The van der Waals surface area contributed by atoms with Crippen LogP contribution in [-0.4, -0.2) is 37.1 Å². The van der Waals surface area contributed by atoms with Gasteiger partial charge in [-0.15, -0.1) is 0 Å². The van der Waals surface area contributed by atoms with E-state index >= 15 is 0 Å². The van der Waals surface area contributed by atoms with Crippen LogP contribution >= 0.6 is 0 Å². The Morgan fingerprint density at radius 2 is 1.95 bits per heavy atom. The summed E-state index contributed by atoms with van der Waals surface area (Å²) < 4.78 is 14.1. The minimum absolute atomic E-state index is 0.177. The van der Waals surface area contributed by atoms with Gasteiger partial charge in [-0.25, -0.2) is 4.39 Å². The molecular formula is C17H26FN3. The molecule has 1 aromatic rings. The summed E-state index contributed by atoms with van der Waals surface area (Å²) in [5, 5.41) is 0. The van der Waals surface area contributed by atoms with E-state index in [1.165, 1.54) is 44.8 Å². The molecule has 0 bridgehead atoms. The van der Waals surface area contributed by atoms with Crippen LogP contribution in [-0.2, 0) is 0 Å². The molecule has 2 fully saturated rings. The summed E-state index contributed by atoms with van der Waals surface area (Å²) in [4.78, 5) is 4.94. The Bertz CT molecular complexity index is 483. The van der Waals surface area contributed by atoms with Crippen molar-refractivity contribution in [2.45, 2.75) is 44.7 Å². The van der Waals surface area contributed by atoms with E-state index < -0.39 is 0 Å². The fourth-order valence-electron chi connectivity index (χ4n) is 3.79. The molecule has 0 aromatic heterocycles. The van der Waals surface area contributed by atoms with Crippen molar-refractivity contribution in [3.05, 3.63) is 29.6 Å². The SMILES string of the molecule is C[C@@H](N)c1c(F)cccc1N1CCC(N2CCCCC2)C1. The smallest absolute Gasteiger partial charge is 0.130 e. The predicted octanol–water partition coefficient (Wildman–Crippen LogP) is 2.91. The van der Waals surface area contributed by atoms with Crippen molar-refractivity contribution in [2.24, 2.45) is 5.73 Å². The Labute approximate surface area is 126 Å². The topological polar surface area (TPSA) is 32.5 Å². The van der Waals surface area contributed by atoms with Crippen molar-refractivity contribution in [1.82, 2.24) is 4.90 Å². The Hall–Kier alpha value is -1.13. The molecule has 0 saturated carbocycles. The molecule has 2 atom stereocenters. The number of rotatable bonds is 3. The molecule has 1 aromatic carbocycles. The van der Waals surface area contributed by atoms with E-state index in [2.05, 4.69) is 9.80 Å². The maximum absolute atomic E-state index is 14.1. The number of piperidine rings is 1. The number of nitrogens with zero attached hydrogens (tertiary/aromatic N) is 2. The highest BCUT2D eigenvalue weighted by molar-refractivity contribution is 5.56. The van der Waals surface area contributed by atoms with Crippen LogP contribution in [0.4, 0.5) is 10.1 Å². The van der Waals surface area contributed by atoms with Crippen LogP contribution in [0.25, 0.3) is 0 Å². The monoisotopic (exact) mass is 291 g/mol. The van der Waals surface area contributed by atoms with E-state index in [0.717, 1.165) is 18.8 Å². The van der Waals surface area contributed by atoms with Gasteiger partial charge in [0.05, 0.1) is 0 Å². The zero-order chi connectivity index (χ0) is 14.8. The van der Waals surface area contributed by atoms with Gasteiger partial charge >= 0.3 is 0 Å². The van der Waals surface area contributed by atoms with Crippen LogP contribution in [0, 0.1) is 5.82 Å². The Balaban J connectivity index is 1.75. The van der Waals surface area contributed by atoms with Crippen molar-refractivity contribution in [1.29, 1.82) is 0 Å². The van der Waals surface area contributed by atoms with E-state index in [9.17, 15) is 4.39 Å². The lowest BCUT2D eigenvalue weighted by Gasteiger charge is -2.32. The van der Waals surface area contributed by atoms with Crippen molar-refractivity contribution in [2.75, 3.05) is 31.1 Å². The Morgan fingerprint density at radius 3 is 2.67 bits per heavy atom. The second-order valence-electron chi connectivity index (χ2n) is 6.45. The fourth-order valence-corrected chi connectivity index (χ4v) is 3.79. The first-order valence-corrected chi connectivity index (χ1v) is 8.20. The average Bonchev–Trinajstić information content (AvgIpc) is 2.97. The third kappa shape index (κ3) is 3.06. The number of anilines is 1. The first-order valence-electron chi connectivity index (χ1n) is 8.20. The van der Waals surface area contributed by atoms with E-state index in [-0.39, 0.29) is 11.9 Å². The van der Waals surface area contributed by atoms with Crippen LogP contribution in [0.15, 0.2) is 18.2 Å². The molecular weight excluding hydrogens is 265 g/mol. The molecule has 2 saturated heterocycles. The first-order chi connectivity index (χ1) is 10.2. The lowest BCUT2D eigenvalue weighted by atomic mass is 10.1. The molecule has 1 unspecified atom stereocenters. The van der Waals surface area contributed by atoms with Crippen LogP contribution in [0.3, 0.4) is 0 Å². The molecule has 0 aliphatic carbocycles. The van der Waals surface area contributed by atoms with Crippen molar-refractivity contribution >= 4 is 5.69 Å². The van der Waals surface area contributed by atoms with E-state index in [1.54, 1.807) is 6.07 Å². The standard InChI is InChI=1S/C17H26FN3/c1-13(19)17-15(18)6-5-7-16(17)21-11-8-14(12-21)20-9-3-2-4-10-20/h5-7,13-14H,2-4,8-12,19H2,1H3/t13-,14?/m1/s1. The minimum atomic E-state index is -0.268. The molecule has 0 radical (unpaired) electrons. The summed E-state index contributed by atoms with van der Waals surface area (Å²) >= 11 is 0. The third-order valence-corrected chi connectivity index (χ3v) is 4.90. The highest BCUT2D eigenvalue weighted by Crippen LogP contribution is 2.31. The highest BCUT2D eigenvalue weighted by atomic mass is 19.1. The summed E-state index contributed by atoms with van der Waals surface area (Å²) in [7, 11) is 0. The molecule has 2 aliphatic rings. The number of halogens is 1. The third-order valence-electron chi connectivity index (χ3n) is 4.90. The molecule has 2 aliphatic heterocycles. The summed E-state index contributed by atoms with van der Waals surface area (Å²) in [6.07, 6.45) is 5.18. The highest BCUT2D eigenvalue weighted by Gasteiger charge is 2.30. The molecule has 3 rings (SSSR count). The number of hydrogen-bond acceptors (Lipinski definition) is 3. The van der Waals surface area contributed by atoms with E-state index in [0.29, 0.717) is 11.6 Å². The average molecular weight is 291 g/mol. The molecule has 21 heavy (non-hydrogen) atoms. The van der Waals surface area contributed by atoms with E-state index in [4.69, 9.17) is 5.73 Å². The fraction of sp³-hybridized carbons (Fsp3) is 0.647. The van der Waals surface area contributed by atoms with Crippen LogP contribution in [0.5, 0.6) is 0 Å². The molecule has 2 N–H and O–H groups in total. The van der Waals surface area contributed by atoms with Gasteiger partial charge in [-0.05, 0) is 51.4 Å². The minimum Gasteiger partial charge on any atom is -0.370 e. The van der Waals surface area contributed by atoms with Crippen LogP contribution in [0.2, 0.25) is 0 Å². The largest absolute Gasteiger partial charge is 0.370 e. The van der Waals surface area contributed by atoms with Gasteiger partial charge in [0, 0.05) is 36.4 Å². The molecule has 4 heteroatoms. The second-order valence-corrected chi connectivity index (χ2v) is 6.45. The quantitative estimate of drug-likeness (QED) is 0.929. The van der Waals surface area contributed by atoms with Crippen LogP contribution < -0.4 is 10.6 Å².